The molecule has 1 heterocycles. The van der Waals surface area contributed by atoms with Gasteiger partial charge in [0.25, 0.3) is 5.91 Å². The van der Waals surface area contributed by atoms with Gasteiger partial charge >= 0.3 is 0 Å². The zero-order chi connectivity index (χ0) is 26.2. The number of carbonyl (C=O) groups is 2. The summed E-state index contributed by atoms with van der Waals surface area (Å²) < 4.78 is 20.5. The number of rotatable bonds is 7. The van der Waals surface area contributed by atoms with Crippen LogP contribution in [0.3, 0.4) is 0 Å². The van der Waals surface area contributed by atoms with Gasteiger partial charge in [0.2, 0.25) is 5.91 Å². The number of primary amides is 1. The molecule has 1 aromatic heterocycles. The van der Waals surface area contributed by atoms with E-state index in [0.29, 0.717) is 16.1 Å². The largest absolute Gasteiger partial charge is 0.503 e. The average molecular weight is 522 g/mol. The number of hydrogen-bond donors (Lipinski definition) is 1. The Bertz CT molecular complexity index is 1330. The van der Waals surface area contributed by atoms with Crippen molar-refractivity contribution >= 4 is 56.5 Å². The normalized spacial score (nSPS) is 13.7. The van der Waals surface area contributed by atoms with Crippen molar-refractivity contribution in [1.82, 2.24) is 4.98 Å². The molecule has 180 valence electrons. The molecule has 2 amide bonds. The van der Waals surface area contributed by atoms with Gasteiger partial charge in [-0.15, -0.1) is 0 Å². The number of nitrogens with two attached hydrogens (primary N) is 1. The summed E-state index contributed by atoms with van der Waals surface area (Å²) in [5.41, 5.74) is 6.24. The molecule has 36 heavy (non-hydrogen) atoms. The van der Waals surface area contributed by atoms with Crippen LogP contribution in [0, 0.1) is 11.7 Å². The molecule has 0 bridgehead atoms. The molecule has 0 saturated heterocycles. The van der Waals surface area contributed by atoms with Crippen molar-refractivity contribution in [2.45, 2.75) is 24.7 Å². The summed E-state index contributed by atoms with van der Waals surface area (Å²) in [7, 11) is 14.0. The number of anilines is 1. The second kappa shape index (κ2) is 10.1. The van der Waals surface area contributed by atoms with Crippen LogP contribution in [0.15, 0.2) is 48.7 Å². The first-order valence-electron chi connectivity index (χ1n) is 11.1. The van der Waals surface area contributed by atoms with Gasteiger partial charge in [-0.05, 0) is 55.2 Å². The lowest BCUT2D eigenvalue weighted by atomic mass is 9.52. The van der Waals surface area contributed by atoms with E-state index in [9.17, 15) is 14.0 Å². The molecule has 11 heteroatoms. The smallest absolute Gasteiger partial charge is 0.263 e. The van der Waals surface area contributed by atoms with Gasteiger partial charge in [-0.3, -0.25) is 14.5 Å². The number of pyridine rings is 1. The first kappa shape index (κ1) is 26.0. The lowest BCUT2D eigenvalue weighted by molar-refractivity contribution is 0.0977. The Balaban J connectivity index is 1.81. The maximum atomic E-state index is 14.5. The van der Waals surface area contributed by atoms with Gasteiger partial charge in [0.15, 0.2) is 11.6 Å². The van der Waals surface area contributed by atoms with E-state index in [-0.39, 0.29) is 33.6 Å². The van der Waals surface area contributed by atoms with Crippen molar-refractivity contribution in [1.29, 1.82) is 0 Å². The molecule has 2 aromatic carbocycles. The van der Waals surface area contributed by atoms with Gasteiger partial charge in [-0.2, -0.15) is 0 Å². The minimum atomic E-state index is -1.55. The first-order chi connectivity index (χ1) is 17.0. The number of nitrogens with zero attached hydrogens (tertiary/aromatic N) is 2. The van der Waals surface area contributed by atoms with Crippen molar-refractivity contribution in [3.8, 4) is 16.9 Å². The lowest BCUT2D eigenvalue weighted by Gasteiger charge is -2.42. The molecular formula is C25H20B2Cl2FN3O3. The number of hydrogen-bond acceptors (Lipinski definition) is 4. The molecule has 1 fully saturated rings. The number of amides is 2. The molecule has 6 nitrogen and oxygen atoms in total. The van der Waals surface area contributed by atoms with Crippen molar-refractivity contribution in [3.05, 3.63) is 75.7 Å². The third-order valence-corrected chi connectivity index (χ3v) is 6.87. The van der Waals surface area contributed by atoms with E-state index in [1.165, 1.54) is 43.6 Å². The van der Waals surface area contributed by atoms with Crippen LogP contribution in [0.1, 0.15) is 40.0 Å². The van der Waals surface area contributed by atoms with Gasteiger partial charge in [-0.1, -0.05) is 35.7 Å². The molecule has 1 aliphatic carbocycles. The Morgan fingerprint density at radius 2 is 1.89 bits per heavy atom. The quantitative estimate of drug-likeness (QED) is 0.455. The van der Waals surface area contributed by atoms with E-state index in [4.69, 9.17) is 49.4 Å². The highest BCUT2D eigenvalue weighted by Crippen LogP contribution is 2.40. The molecule has 3 aromatic rings. The predicted octanol–water partition coefficient (Wildman–Crippen LogP) is 4.74. The molecule has 4 rings (SSSR count). The van der Waals surface area contributed by atoms with Gasteiger partial charge in [0, 0.05) is 40.4 Å². The summed E-state index contributed by atoms with van der Waals surface area (Å²) in [6.07, 6.45) is 3.96. The first-order valence-corrected chi connectivity index (χ1v) is 11.8. The molecule has 4 radical (unpaired) electrons. The van der Waals surface area contributed by atoms with E-state index in [1.54, 1.807) is 6.07 Å². The number of aromatic nitrogens is 1. The summed E-state index contributed by atoms with van der Waals surface area (Å²) in [6.45, 7) is 0. The second-order valence-corrected chi connectivity index (χ2v) is 9.46. The van der Waals surface area contributed by atoms with Gasteiger partial charge < -0.3 is 10.5 Å². The zero-order valence-electron chi connectivity index (χ0n) is 19.3. The van der Waals surface area contributed by atoms with Crippen molar-refractivity contribution < 1.29 is 18.7 Å². The van der Waals surface area contributed by atoms with E-state index in [0.717, 1.165) is 30.2 Å². The summed E-state index contributed by atoms with van der Waals surface area (Å²) in [4.78, 5) is 30.4. The zero-order valence-corrected chi connectivity index (χ0v) is 20.8. The summed E-state index contributed by atoms with van der Waals surface area (Å²) in [6, 6.07) is 10.0. The maximum Gasteiger partial charge on any atom is 0.263 e. The fraction of sp³-hybridized carbons (Fsp3) is 0.240. The third-order valence-electron chi connectivity index (χ3n) is 6.22. The Labute approximate surface area is 220 Å². The number of ether oxygens (including phenoxy) is 1. The molecule has 2 N–H and O–H groups in total. The van der Waals surface area contributed by atoms with Crippen LogP contribution in [0.2, 0.25) is 10.0 Å². The number of halogens is 3. The van der Waals surface area contributed by atoms with Gasteiger partial charge in [-0.25, -0.2) is 9.37 Å². The van der Waals surface area contributed by atoms with Gasteiger partial charge in [0.1, 0.15) is 21.5 Å². The van der Waals surface area contributed by atoms with Crippen LogP contribution in [-0.2, 0) is 0 Å². The topological polar surface area (TPSA) is 85.5 Å². The standard InChI is InChI=1S/C25H20B2Cl2FN3O3/c1-33(24(35)21-18(29)6-3-7-19(21)30)23-20(36-25(26,27)15-4-2-5-15)11-14(12-32-23)16-10-13(22(31)34)8-9-17(16)28/h3,6-12,15H,2,4-5H2,1H3,(H2,31,34). The molecule has 0 unspecified atom stereocenters. The van der Waals surface area contributed by atoms with Crippen molar-refractivity contribution in [2.24, 2.45) is 11.7 Å². The van der Waals surface area contributed by atoms with Crippen LogP contribution in [-0.4, -0.2) is 44.9 Å². The minimum absolute atomic E-state index is 0.0323. The second-order valence-electron chi connectivity index (χ2n) is 8.65. The predicted molar refractivity (Wildman–Crippen MR) is 140 cm³/mol. The molecule has 0 atom stereocenters. The van der Waals surface area contributed by atoms with E-state index in [2.05, 4.69) is 4.98 Å². The lowest BCUT2D eigenvalue weighted by Crippen LogP contribution is -2.48. The molecule has 1 saturated carbocycles. The van der Waals surface area contributed by atoms with E-state index in [1.807, 2.05) is 0 Å². The fourth-order valence-electron chi connectivity index (χ4n) is 3.91. The Hall–Kier alpha value is -3.03. The minimum Gasteiger partial charge on any atom is -0.503 e. The number of benzene rings is 2. The summed E-state index contributed by atoms with van der Waals surface area (Å²) >= 11 is 12.5. The summed E-state index contributed by atoms with van der Waals surface area (Å²) in [5.74, 6) is -2.18. The molecule has 0 spiro atoms. The monoisotopic (exact) mass is 521 g/mol. The van der Waals surface area contributed by atoms with Crippen LogP contribution < -0.4 is 15.4 Å². The highest BCUT2D eigenvalue weighted by Gasteiger charge is 2.36. The highest BCUT2D eigenvalue weighted by molar-refractivity contribution is 6.39. The maximum absolute atomic E-state index is 14.5. The summed E-state index contributed by atoms with van der Waals surface area (Å²) in [5, 5.41) is -1.28. The third kappa shape index (κ3) is 5.08. The number of carbonyl (C=O) groups excluding carboxylic acids is 2. The molecule has 1 aliphatic rings. The Morgan fingerprint density at radius 3 is 2.50 bits per heavy atom. The molecule has 0 aliphatic heterocycles. The van der Waals surface area contributed by atoms with Crippen molar-refractivity contribution in [2.75, 3.05) is 11.9 Å². The Kier molecular flexibility index (Phi) is 7.34. The van der Waals surface area contributed by atoms with Crippen LogP contribution in [0.5, 0.6) is 5.75 Å². The van der Waals surface area contributed by atoms with Crippen LogP contribution >= 0.6 is 23.2 Å². The van der Waals surface area contributed by atoms with E-state index >= 15 is 0 Å². The van der Waals surface area contributed by atoms with Crippen LogP contribution in [0.4, 0.5) is 10.2 Å². The van der Waals surface area contributed by atoms with Crippen molar-refractivity contribution in [3.63, 3.8) is 0 Å². The average Bonchev–Trinajstić information content (AvgIpc) is 2.76. The SMILES string of the molecule is [B]C([B])(Oc1cc(-c2cc(C(N)=O)ccc2Cl)cnc1N(C)C(=O)c1c(F)cccc1Cl)C1CCC1. The Morgan fingerprint density at radius 1 is 1.17 bits per heavy atom. The van der Waals surface area contributed by atoms with E-state index < -0.39 is 23.0 Å². The fourth-order valence-corrected chi connectivity index (χ4v) is 4.38. The highest BCUT2D eigenvalue weighted by atomic mass is 35.5. The van der Waals surface area contributed by atoms with Crippen LogP contribution in [0.25, 0.3) is 11.1 Å². The molecular weight excluding hydrogens is 502 g/mol. The van der Waals surface area contributed by atoms with Gasteiger partial charge in [0.05, 0.1) is 10.6 Å².